The third-order valence-corrected chi connectivity index (χ3v) is 3.15. The Morgan fingerprint density at radius 3 is 3.00 bits per heavy atom. The molecule has 0 radical (unpaired) electrons. The maximum atomic E-state index is 11.3. The van der Waals surface area contributed by atoms with Gasteiger partial charge in [0.2, 0.25) is 0 Å². The largest absolute Gasteiger partial charge is 0.347 e. The van der Waals surface area contributed by atoms with Gasteiger partial charge in [-0.3, -0.25) is 4.57 Å². The Kier molecular flexibility index (Phi) is 4.10. The molecular formula is C12H19N3O. The van der Waals surface area contributed by atoms with Crippen LogP contribution in [-0.2, 0) is 6.54 Å². The molecule has 4 heteroatoms. The molecule has 1 N–H and O–H groups in total. The summed E-state index contributed by atoms with van der Waals surface area (Å²) >= 11 is 0. The van der Waals surface area contributed by atoms with Crippen molar-refractivity contribution in [3.05, 3.63) is 28.9 Å². The molecule has 16 heavy (non-hydrogen) atoms. The Morgan fingerprint density at radius 2 is 2.25 bits per heavy atom. The van der Waals surface area contributed by atoms with Gasteiger partial charge in [0.1, 0.15) is 0 Å². The van der Waals surface area contributed by atoms with Crippen molar-refractivity contribution < 1.29 is 0 Å². The van der Waals surface area contributed by atoms with Gasteiger partial charge in [-0.1, -0.05) is 12.8 Å². The smallest absolute Gasteiger partial charge is 0.314 e. The molecule has 88 valence electrons. The monoisotopic (exact) mass is 221 g/mol. The fourth-order valence-corrected chi connectivity index (χ4v) is 2.24. The van der Waals surface area contributed by atoms with E-state index in [-0.39, 0.29) is 5.69 Å². The summed E-state index contributed by atoms with van der Waals surface area (Å²) in [5.74, 6) is 0. The molecule has 1 aromatic heterocycles. The molecular weight excluding hydrogens is 202 g/mol. The number of aryl methyl sites for hydroxylation is 1. The van der Waals surface area contributed by atoms with Gasteiger partial charge in [-0.25, -0.2) is 9.78 Å². The SMILES string of the molecule is O=c1ncccn1CCCNC1CCCC1. The fourth-order valence-electron chi connectivity index (χ4n) is 2.24. The zero-order valence-electron chi connectivity index (χ0n) is 9.56. The highest BCUT2D eigenvalue weighted by atomic mass is 16.1. The first-order valence-electron chi connectivity index (χ1n) is 6.11. The molecule has 0 aromatic carbocycles. The molecule has 0 bridgehead atoms. The predicted octanol–water partition coefficient (Wildman–Crippen LogP) is 1.17. The summed E-state index contributed by atoms with van der Waals surface area (Å²) < 4.78 is 1.66. The molecule has 0 unspecified atom stereocenters. The van der Waals surface area contributed by atoms with Crippen LogP contribution in [0.15, 0.2) is 23.3 Å². The Labute approximate surface area is 95.7 Å². The van der Waals surface area contributed by atoms with Crippen LogP contribution in [0.25, 0.3) is 0 Å². The summed E-state index contributed by atoms with van der Waals surface area (Å²) in [7, 11) is 0. The van der Waals surface area contributed by atoms with Crippen LogP contribution in [0, 0.1) is 0 Å². The van der Waals surface area contributed by atoms with Gasteiger partial charge in [-0.15, -0.1) is 0 Å². The van der Waals surface area contributed by atoms with Gasteiger partial charge in [0, 0.05) is 25.0 Å². The second-order valence-corrected chi connectivity index (χ2v) is 4.38. The third-order valence-electron chi connectivity index (χ3n) is 3.15. The molecule has 0 spiro atoms. The first-order chi connectivity index (χ1) is 7.86. The summed E-state index contributed by atoms with van der Waals surface area (Å²) in [5.41, 5.74) is -0.150. The average molecular weight is 221 g/mol. The van der Waals surface area contributed by atoms with Crippen molar-refractivity contribution in [2.75, 3.05) is 6.54 Å². The van der Waals surface area contributed by atoms with Crippen molar-refractivity contribution in [2.24, 2.45) is 0 Å². The van der Waals surface area contributed by atoms with E-state index in [1.165, 1.54) is 31.9 Å². The van der Waals surface area contributed by atoms with E-state index in [4.69, 9.17) is 0 Å². The summed E-state index contributed by atoms with van der Waals surface area (Å²) in [4.78, 5) is 15.0. The van der Waals surface area contributed by atoms with Gasteiger partial charge in [0.05, 0.1) is 0 Å². The van der Waals surface area contributed by atoms with Crippen molar-refractivity contribution in [1.82, 2.24) is 14.9 Å². The first-order valence-corrected chi connectivity index (χ1v) is 6.11. The molecule has 0 atom stereocenters. The molecule has 4 nitrogen and oxygen atoms in total. The molecule has 1 fully saturated rings. The standard InChI is InChI=1S/C12H19N3O/c16-12-14-8-4-10-15(12)9-3-7-13-11-5-1-2-6-11/h4,8,10-11,13H,1-3,5-7,9H2. The van der Waals surface area contributed by atoms with Gasteiger partial charge in [0.25, 0.3) is 0 Å². The molecule has 0 saturated heterocycles. The zero-order chi connectivity index (χ0) is 11.2. The molecule has 1 heterocycles. The second-order valence-electron chi connectivity index (χ2n) is 4.38. The number of hydrogen-bond acceptors (Lipinski definition) is 3. The van der Waals surface area contributed by atoms with E-state index in [0.29, 0.717) is 6.04 Å². The maximum Gasteiger partial charge on any atom is 0.347 e. The van der Waals surface area contributed by atoms with E-state index in [2.05, 4.69) is 10.3 Å². The minimum atomic E-state index is -0.150. The van der Waals surface area contributed by atoms with Gasteiger partial charge in [-0.05, 0) is 31.9 Å². The van der Waals surface area contributed by atoms with Crippen molar-refractivity contribution in [3.63, 3.8) is 0 Å². The maximum absolute atomic E-state index is 11.3. The van der Waals surface area contributed by atoms with Crippen molar-refractivity contribution in [3.8, 4) is 0 Å². The quantitative estimate of drug-likeness (QED) is 0.759. The number of nitrogens with zero attached hydrogens (tertiary/aromatic N) is 2. The molecule has 0 aliphatic heterocycles. The first kappa shape index (κ1) is 11.3. The lowest BCUT2D eigenvalue weighted by molar-refractivity contribution is 0.490. The van der Waals surface area contributed by atoms with E-state index in [1.54, 1.807) is 16.8 Å². The molecule has 2 rings (SSSR count). The van der Waals surface area contributed by atoms with Crippen molar-refractivity contribution in [2.45, 2.75) is 44.7 Å². The van der Waals surface area contributed by atoms with Crippen LogP contribution in [0.5, 0.6) is 0 Å². The topological polar surface area (TPSA) is 46.9 Å². The zero-order valence-corrected chi connectivity index (χ0v) is 9.56. The van der Waals surface area contributed by atoms with Gasteiger partial charge in [-0.2, -0.15) is 0 Å². The Morgan fingerprint density at radius 1 is 1.44 bits per heavy atom. The van der Waals surface area contributed by atoms with Gasteiger partial charge >= 0.3 is 5.69 Å². The normalized spacial score (nSPS) is 16.8. The Hall–Kier alpha value is -1.16. The molecule has 1 aliphatic carbocycles. The third kappa shape index (κ3) is 3.17. The van der Waals surface area contributed by atoms with Crippen LogP contribution >= 0.6 is 0 Å². The van der Waals surface area contributed by atoms with Crippen molar-refractivity contribution >= 4 is 0 Å². The second kappa shape index (κ2) is 5.80. The van der Waals surface area contributed by atoms with Crippen LogP contribution in [0.2, 0.25) is 0 Å². The summed E-state index contributed by atoms with van der Waals surface area (Å²) in [6.45, 7) is 1.75. The number of aromatic nitrogens is 2. The van der Waals surface area contributed by atoms with Crippen LogP contribution in [0.3, 0.4) is 0 Å². The highest BCUT2D eigenvalue weighted by molar-refractivity contribution is 4.81. The average Bonchev–Trinajstić information content (AvgIpc) is 2.79. The highest BCUT2D eigenvalue weighted by Crippen LogP contribution is 2.17. The van der Waals surface area contributed by atoms with Crippen LogP contribution in [0.4, 0.5) is 0 Å². The Balaban J connectivity index is 1.68. The van der Waals surface area contributed by atoms with E-state index in [9.17, 15) is 4.79 Å². The highest BCUT2D eigenvalue weighted by Gasteiger charge is 2.13. The summed E-state index contributed by atoms with van der Waals surface area (Å²) in [5, 5.41) is 3.54. The lowest BCUT2D eigenvalue weighted by atomic mass is 10.2. The molecule has 1 aromatic rings. The minimum Gasteiger partial charge on any atom is -0.314 e. The van der Waals surface area contributed by atoms with Gasteiger partial charge in [0.15, 0.2) is 0 Å². The number of rotatable bonds is 5. The minimum absolute atomic E-state index is 0.150. The number of nitrogens with one attached hydrogen (secondary N) is 1. The fraction of sp³-hybridized carbons (Fsp3) is 0.667. The lowest BCUT2D eigenvalue weighted by Gasteiger charge is -2.11. The van der Waals surface area contributed by atoms with E-state index in [0.717, 1.165) is 19.5 Å². The van der Waals surface area contributed by atoms with Crippen molar-refractivity contribution in [1.29, 1.82) is 0 Å². The lowest BCUT2D eigenvalue weighted by Crippen LogP contribution is -2.29. The summed E-state index contributed by atoms with van der Waals surface area (Å²) in [6.07, 6.45) is 9.67. The molecule has 1 aliphatic rings. The predicted molar refractivity (Wildman–Crippen MR) is 63.4 cm³/mol. The van der Waals surface area contributed by atoms with Gasteiger partial charge < -0.3 is 5.32 Å². The van der Waals surface area contributed by atoms with Crippen LogP contribution in [-0.4, -0.2) is 22.1 Å². The van der Waals surface area contributed by atoms with Crippen LogP contribution in [0.1, 0.15) is 32.1 Å². The molecule has 0 amide bonds. The summed E-state index contributed by atoms with van der Waals surface area (Å²) in [6, 6.07) is 2.51. The molecule has 1 saturated carbocycles. The van der Waals surface area contributed by atoms with E-state index >= 15 is 0 Å². The van der Waals surface area contributed by atoms with E-state index in [1.807, 2.05) is 0 Å². The van der Waals surface area contributed by atoms with Crippen LogP contribution < -0.4 is 11.0 Å². The number of hydrogen-bond donors (Lipinski definition) is 1. The van der Waals surface area contributed by atoms with E-state index < -0.39 is 0 Å². The Bertz CT molecular complexity index is 369.